The molecule has 3 aromatic rings. The Bertz CT molecular complexity index is 885. The van der Waals surface area contributed by atoms with E-state index >= 15 is 0 Å². The number of imidazole rings is 2. The van der Waals surface area contributed by atoms with E-state index in [1.807, 2.05) is 0 Å². The second kappa shape index (κ2) is 4.42. The Morgan fingerprint density at radius 3 is 2.80 bits per heavy atom. The van der Waals surface area contributed by atoms with Gasteiger partial charge in [-0.2, -0.15) is 18.4 Å². The number of H-pyrrole nitrogens is 2. The maximum atomic E-state index is 12.1. The van der Waals surface area contributed by atoms with Crippen LogP contribution in [-0.2, 0) is 10.0 Å². The molecule has 0 bridgehead atoms. The average Bonchev–Trinajstić information content (AvgIpc) is 2.97. The Morgan fingerprint density at radius 1 is 1.30 bits per heavy atom. The molecule has 0 atom stereocenters. The second-order valence-electron chi connectivity index (χ2n) is 3.88. The summed E-state index contributed by atoms with van der Waals surface area (Å²) >= 11 is 5.91. The SMILES string of the molecule is Cc1ncc(S(=O)(=O)Nc2nc(Cl)c3[nH]cnc3n2)[nH]1. The van der Waals surface area contributed by atoms with Gasteiger partial charge in [0, 0.05) is 0 Å². The quantitative estimate of drug-likeness (QED) is 0.614. The topological polar surface area (TPSA) is 129 Å². The number of aryl methyl sites for hydroxylation is 1. The number of hydrogen-bond acceptors (Lipinski definition) is 6. The van der Waals surface area contributed by atoms with Crippen LogP contribution < -0.4 is 4.72 Å². The summed E-state index contributed by atoms with van der Waals surface area (Å²) < 4.78 is 26.3. The Morgan fingerprint density at radius 2 is 2.10 bits per heavy atom. The number of nitrogens with one attached hydrogen (secondary N) is 3. The number of aromatic nitrogens is 6. The molecule has 20 heavy (non-hydrogen) atoms. The van der Waals surface area contributed by atoms with Crippen molar-refractivity contribution in [1.82, 2.24) is 29.9 Å². The molecule has 0 amide bonds. The van der Waals surface area contributed by atoms with Crippen LogP contribution in [0.1, 0.15) is 5.82 Å². The van der Waals surface area contributed by atoms with E-state index in [1.54, 1.807) is 6.92 Å². The van der Waals surface area contributed by atoms with Gasteiger partial charge in [-0.05, 0) is 6.92 Å². The zero-order valence-electron chi connectivity index (χ0n) is 10.0. The number of sulfonamides is 1. The summed E-state index contributed by atoms with van der Waals surface area (Å²) in [6, 6.07) is 0. The molecule has 0 unspecified atom stereocenters. The van der Waals surface area contributed by atoms with Crippen LogP contribution in [0, 0.1) is 6.92 Å². The van der Waals surface area contributed by atoms with Crippen molar-refractivity contribution in [3.63, 3.8) is 0 Å². The van der Waals surface area contributed by atoms with E-state index in [2.05, 4.69) is 34.6 Å². The van der Waals surface area contributed by atoms with Crippen LogP contribution in [0.15, 0.2) is 17.6 Å². The maximum absolute atomic E-state index is 12.1. The van der Waals surface area contributed by atoms with E-state index in [9.17, 15) is 8.42 Å². The molecule has 0 aliphatic rings. The fraction of sp³-hybridized carbons (Fsp3) is 0.111. The van der Waals surface area contributed by atoms with Gasteiger partial charge in [0.2, 0.25) is 5.95 Å². The van der Waals surface area contributed by atoms with Crippen molar-refractivity contribution < 1.29 is 8.42 Å². The lowest BCUT2D eigenvalue weighted by atomic mass is 10.6. The minimum absolute atomic E-state index is 0.0750. The lowest BCUT2D eigenvalue weighted by Crippen LogP contribution is -2.15. The molecule has 11 heteroatoms. The molecule has 3 aromatic heterocycles. The summed E-state index contributed by atoms with van der Waals surface area (Å²) in [6.45, 7) is 1.64. The van der Waals surface area contributed by atoms with Crippen LogP contribution in [-0.4, -0.2) is 38.3 Å². The molecule has 0 aromatic carbocycles. The number of anilines is 1. The van der Waals surface area contributed by atoms with E-state index in [1.165, 1.54) is 12.5 Å². The highest BCUT2D eigenvalue weighted by molar-refractivity contribution is 7.92. The summed E-state index contributed by atoms with van der Waals surface area (Å²) in [5.41, 5.74) is 0.704. The van der Waals surface area contributed by atoms with E-state index in [4.69, 9.17) is 11.6 Å². The lowest BCUT2D eigenvalue weighted by Gasteiger charge is -2.04. The van der Waals surface area contributed by atoms with Crippen LogP contribution >= 0.6 is 11.6 Å². The number of nitrogens with zero attached hydrogens (tertiary/aromatic N) is 4. The highest BCUT2D eigenvalue weighted by Gasteiger charge is 2.19. The summed E-state index contributed by atoms with van der Waals surface area (Å²) in [5, 5.41) is -0.0113. The van der Waals surface area contributed by atoms with Gasteiger partial charge in [-0.15, -0.1) is 0 Å². The van der Waals surface area contributed by atoms with Crippen LogP contribution in [0.4, 0.5) is 5.95 Å². The highest BCUT2D eigenvalue weighted by atomic mass is 35.5. The molecule has 0 aliphatic carbocycles. The first kappa shape index (κ1) is 12.8. The Kier molecular flexibility index (Phi) is 2.83. The van der Waals surface area contributed by atoms with E-state index in [-0.39, 0.29) is 21.8 Å². The minimum atomic E-state index is -3.85. The predicted molar refractivity (Wildman–Crippen MR) is 70.8 cm³/mol. The van der Waals surface area contributed by atoms with Crippen molar-refractivity contribution >= 4 is 38.7 Å². The summed E-state index contributed by atoms with van der Waals surface area (Å²) in [5.74, 6) is 0.314. The van der Waals surface area contributed by atoms with Crippen molar-refractivity contribution in [2.75, 3.05) is 4.72 Å². The molecule has 0 fully saturated rings. The maximum Gasteiger partial charge on any atom is 0.281 e. The standard InChI is InChI=1S/C9H8ClN7O2S/c1-4-11-2-5(14-4)20(18,19)17-9-15-7(10)6-8(16-9)13-3-12-6/h2-3H,1H3,(H,11,14)(H2,12,13,15,16,17). The zero-order chi connectivity index (χ0) is 14.3. The first-order chi connectivity index (χ1) is 9.45. The van der Waals surface area contributed by atoms with Crippen LogP contribution in [0.3, 0.4) is 0 Å². The molecule has 0 radical (unpaired) electrons. The monoisotopic (exact) mass is 313 g/mol. The Balaban J connectivity index is 2.00. The number of rotatable bonds is 3. The smallest absolute Gasteiger partial charge is 0.281 e. The van der Waals surface area contributed by atoms with Gasteiger partial charge in [-0.1, -0.05) is 11.6 Å². The van der Waals surface area contributed by atoms with Gasteiger partial charge in [0.15, 0.2) is 15.8 Å². The third kappa shape index (κ3) is 2.18. The average molecular weight is 314 g/mol. The van der Waals surface area contributed by atoms with Crippen LogP contribution in [0.25, 0.3) is 11.2 Å². The van der Waals surface area contributed by atoms with Crippen molar-refractivity contribution in [2.45, 2.75) is 11.9 Å². The normalized spacial score (nSPS) is 11.9. The number of hydrogen-bond donors (Lipinski definition) is 3. The van der Waals surface area contributed by atoms with Gasteiger partial charge in [0.05, 0.1) is 12.5 Å². The Hall–Kier alpha value is -2.20. The highest BCUT2D eigenvalue weighted by Crippen LogP contribution is 2.19. The van der Waals surface area contributed by atoms with Gasteiger partial charge in [0.25, 0.3) is 10.0 Å². The van der Waals surface area contributed by atoms with E-state index in [0.29, 0.717) is 11.3 Å². The predicted octanol–water partition coefficient (Wildman–Crippen LogP) is 0.839. The second-order valence-corrected chi connectivity index (χ2v) is 5.89. The van der Waals surface area contributed by atoms with Crippen molar-refractivity contribution in [1.29, 1.82) is 0 Å². The zero-order valence-corrected chi connectivity index (χ0v) is 11.6. The van der Waals surface area contributed by atoms with Crippen molar-refractivity contribution in [2.24, 2.45) is 0 Å². The molecule has 0 saturated carbocycles. The molecule has 0 spiro atoms. The fourth-order valence-electron chi connectivity index (χ4n) is 1.55. The van der Waals surface area contributed by atoms with Gasteiger partial charge in [-0.3, -0.25) is 0 Å². The van der Waals surface area contributed by atoms with Crippen molar-refractivity contribution in [3.8, 4) is 0 Å². The van der Waals surface area contributed by atoms with Gasteiger partial charge in [0.1, 0.15) is 11.3 Å². The third-order valence-electron chi connectivity index (χ3n) is 2.44. The molecule has 0 aliphatic heterocycles. The fourth-order valence-corrected chi connectivity index (χ4v) is 2.69. The van der Waals surface area contributed by atoms with E-state index < -0.39 is 10.0 Å². The third-order valence-corrected chi connectivity index (χ3v) is 3.95. The first-order valence-corrected chi connectivity index (χ1v) is 7.23. The number of aromatic amines is 2. The van der Waals surface area contributed by atoms with Gasteiger partial charge >= 0.3 is 0 Å². The molecular weight excluding hydrogens is 306 g/mol. The van der Waals surface area contributed by atoms with Gasteiger partial charge < -0.3 is 9.97 Å². The van der Waals surface area contributed by atoms with Gasteiger partial charge in [-0.25, -0.2) is 14.7 Å². The van der Waals surface area contributed by atoms with Crippen molar-refractivity contribution in [3.05, 3.63) is 23.5 Å². The summed E-state index contributed by atoms with van der Waals surface area (Å²) in [4.78, 5) is 20.9. The molecule has 104 valence electrons. The number of halogens is 1. The summed E-state index contributed by atoms with van der Waals surface area (Å²) in [6.07, 6.45) is 2.59. The largest absolute Gasteiger partial charge is 0.341 e. The molecule has 3 rings (SSSR count). The number of fused-ring (bicyclic) bond motifs is 1. The molecule has 9 nitrogen and oxygen atoms in total. The molecular formula is C9H8ClN7O2S. The Labute approximate surface area is 117 Å². The van der Waals surface area contributed by atoms with E-state index in [0.717, 1.165) is 0 Å². The molecule has 3 N–H and O–H groups in total. The molecule has 3 heterocycles. The molecule has 0 saturated heterocycles. The minimum Gasteiger partial charge on any atom is -0.341 e. The first-order valence-electron chi connectivity index (χ1n) is 5.37. The van der Waals surface area contributed by atoms with Crippen LogP contribution in [0.5, 0.6) is 0 Å². The van der Waals surface area contributed by atoms with Crippen LogP contribution in [0.2, 0.25) is 5.15 Å². The summed E-state index contributed by atoms with van der Waals surface area (Å²) in [7, 11) is -3.85. The lowest BCUT2D eigenvalue weighted by molar-refractivity contribution is 0.597.